The number of fused-ring (bicyclic) bond motifs is 1. The Hall–Kier alpha value is -3.14. The zero-order valence-electron chi connectivity index (χ0n) is 15.2. The average Bonchev–Trinajstić information content (AvgIpc) is 2.92. The van der Waals surface area contributed by atoms with Crippen LogP contribution in [0.25, 0.3) is 0 Å². The third-order valence-corrected chi connectivity index (χ3v) is 5.37. The van der Waals surface area contributed by atoms with Gasteiger partial charge >= 0.3 is 5.97 Å². The number of ether oxygens (including phenoxy) is 4. The molecule has 0 fully saturated rings. The normalized spacial score (nSPS) is 13.4. The van der Waals surface area contributed by atoms with Gasteiger partial charge in [-0.15, -0.1) is 0 Å². The second-order valence-electron chi connectivity index (χ2n) is 5.82. The Morgan fingerprint density at radius 1 is 1.07 bits per heavy atom. The minimum Gasteiger partial charge on any atom is -0.497 e. The van der Waals surface area contributed by atoms with E-state index in [4.69, 9.17) is 18.9 Å². The lowest BCUT2D eigenvalue weighted by Crippen LogP contribution is -2.17. The van der Waals surface area contributed by atoms with Crippen molar-refractivity contribution in [3.8, 4) is 23.0 Å². The van der Waals surface area contributed by atoms with Gasteiger partial charge in [0.25, 0.3) is 10.0 Å². The van der Waals surface area contributed by atoms with E-state index in [-0.39, 0.29) is 27.6 Å². The van der Waals surface area contributed by atoms with E-state index in [1.165, 1.54) is 44.6 Å². The molecule has 0 radical (unpaired) electrons. The number of aromatic carboxylic acids is 1. The van der Waals surface area contributed by atoms with Crippen LogP contribution in [0.2, 0.25) is 0 Å². The molecule has 0 aliphatic carbocycles. The van der Waals surface area contributed by atoms with Crippen LogP contribution in [0.15, 0.2) is 35.2 Å². The smallest absolute Gasteiger partial charge is 0.338 e. The van der Waals surface area contributed by atoms with Gasteiger partial charge in [-0.1, -0.05) is 0 Å². The van der Waals surface area contributed by atoms with Crippen LogP contribution in [0.4, 0.5) is 5.69 Å². The highest BCUT2D eigenvalue weighted by molar-refractivity contribution is 7.92. The summed E-state index contributed by atoms with van der Waals surface area (Å²) in [6, 6.07) is 6.78. The number of methoxy groups -OCH3 is 2. The predicted octanol–water partition coefficient (Wildman–Crippen LogP) is 2.36. The van der Waals surface area contributed by atoms with E-state index >= 15 is 0 Å². The van der Waals surface area contributed by atoms with Crippen LogP contribution in [0.1, 0.15) is 16.8 Å². The minimum absolute atomic E-state index is 0.00895. The lowest BCUT2D eigenvalue weighted by atomic mass is 10.1. The number of rotatable bonds is 6. The molecule has 28 heavy (non-hydrogen) atoms. The first-order valence-electron chi connectivity index (χ1n) is 8.27. The first-order chi connectivity index (χ1) is 13.4. The minimum atomic E-state index is -4.14. The maximum atomic E-state index is 12.9. The van der Waals surface area contributed by atoms with Gasteiger partial charge < -0.3 is 24.1 Å². The summed E-state index contributed by atoms with van der Waals surface area (Å²) in [5.74, 6) is -0.360. The fourth-order valence-electron chi connectivity index (χ4n) is 2.65. The summed E-state index contributed by atoms with van der Waals surface area (Å²) < 4.78 is 49.3. The number of anilines is 1. The van der Waals surface area contributed by atoms with Crippen molar-refractivity contribution < 1.29 is 37.3 Å². The molecule has 1 aliphatic rings. The van der Waals surface area contributed by atoms with Gasteiger partial charge in [-0.3, -0.25) is 4.72 Å². The average molecular weight is 409 g/mol. The first kappa shape index (κ1) is 19.6. The Morgan fingerprint density at radius 3 is 2.43 bits per heavy atom. The first-order valence-corrected chi connectivity index (χ1v) is 9.76. The predicted molar refractivity (Wildman–Crippen MR) is 99.4 cm³/mol. The van der Waals surface area contributed by atoms with E-state index in [1.807, 2.05) is 0 Å². The van der Waals surface area contributed by atoms with Gasteiger partial charge in [-0.25, -0.2) is 13.2 Å². The van der Waals surface area contributed by atoms with E-state index < -0.39 is 16.0 Å². The number of carboxylic acid groups (broad SMARTS) is 1. The Morgan fingerprint density at radius 2 is 1.79 bits per heavy atom. The van der Waals surface area contributed by atoms with Gasteiger partial charge in [-0.2, -0.15) is 0 Å². The van der Waals surface area contributed by atoms with Crippen LogP contribution in [-0.4, -0.2) is 46.9 Å². The van der Waals surface area contributed by atoms with Crippen molar-refractivity contribution >= 4 is 21.7 Å². The van der Waals surface area contributed by atoms with Crippen LogP contribution in [0, 0.1) is 0 Å². The molecule has 0 saturated heterocycles. The van der Waals surface area contributed by atoms with E-state index in [0.717, 1.165) is 0 Å². The van der Waals surface area contributed by atoms with Crippen LogP contribution >= 0.6 is 0 Å². The number of carboxylic acids is 1. The van der Waals surface area contributed by atoms with Gasteiger partial charge in [0.2, 0.25) is 0 Å². The van der Waals surface area contributed by atoms with Gasteiger partial charge in [-0.05, 0) is 18.2 Å². The molecule has 150 valence electrons. The summed E-state index contributed by atoms with van der Waals surface area (Å²) >= 11 is 0. The maximum Gasteiger partial charge on any atom is 0.338 e. The molecular formula is C18H19NO8S. The Balaban J connectivity index is 2.03. The van der Waals surface area contributed by atoms with Crippen molar-refractivity contribution in [1.82, 2.24) is 0 Å². The van der Waals surface area contributed by atoms with Crippen LogP contribution < -0.4 is 23.7 Å². The molecular weight excluding hydrogens is 390 g/mol. The van der Waals surface area contributed by atoms with E-state index in [1.54, 1.807) is 0 Å². The molecule has 3 rings (SSSR count). The molecule has 9 nitrogen and oxygen atoms in total. The highest BCUT2D eigenvalue weighted by Gasteiger charge is 2.25. The fourth-order valence-corrected chi connectivity index (χ4v) is 3.75. The van der Waals surface area contributed by atoms with Crippen molar-refractivity contribution in [3.05, 3.63) is 35.9 Å². The van der Waals surface area contributed by atoms with Crippen molar-refractivity contribution in [2.75, 3.05) is 32.2 Å². The highest BCUT2D eigenvalue weighted by atomic mass is 32.2. The van der Waals surface area contributed by atoms with Gasteiger partial charge in [0.1, 0.15) is 17.2 Å². The third-order valence-electron chi connectivity index (χ3n) is 4.03. The monoisotopic (exact) mass is 409 g/mol. The quantitative estimate of drug-likeness (QED) is 0.746. The van der Waals surface area contributed by atoms with Crippen LogP contribution in [0.3, 0.4) is 0 Å². The summed E-state index contributed by atoms with van der Waals surface area (Å²) in [6.07, 6.45) is 0.681. The van der Waals surface area contributed by atoms with Gasteiger partial charge in [0, 0.05) is 18.6 Å². The number of sulfonamides is 1. The van der Waals surface area contributed by atoms with Crippen molar-refractivity contribution in [1.29, 1.82) is 0 Å². The summed E-state index contributed by atoms with van der Waals surface area (Å²) in [7, 11) is -1.48. The highest BCUT2D eigenvalue weighted by Crippen LogP contribution is 2.37. The lowest BCUT2D eigenvalue weighted by molar-refractivity contribution is 0.0697. The van der Waals surface area contributed by atoms with E-state index in [9.17, 15) is 18.3 Å². The molecule has 0 aromatic heterocycles. The molecule has 0 unspecified atom stereocenters. The number of benzene rings is 2. The summed E-state index contributed by atoms with van der Waals surface area (Å²) in [5, 5.41) is 9.48. The molecule has 0 atom stereocenters. The fraction of sp³-hybridized carbons (Fsp3) is 0.278. The summed E-state index contributed by atoms with van der Waals surface area (Å²) in [4.78, 5) is 11.5. The topological polar surface area (TPSA) is 120 Å². The summed E-state index contributed by atoms with van der Waals surface area (Å²) in [5.41, 5.74) is -0.517. The van der Waals surface area contributed by atoms with E-state index in [0.29, 0.717) is 31.1 Å². The molecule has 1 aliphatic heterocycles. The van der Waals surface area contributed by atoms with Crippen molar-refractivity contribution in [3.63, 3.8) is 0 Å². The van der Waals surface area contributed by atoms with E-state index in [2.05, 4.69) is 4.72 Å². The molecule has 2 N–H and O–H groups in total. The van der Waals surface area contributed by atoms with Crippen molar-refractivity contribution in [2.24, 2.45) is 0 Å². The zero-order chi connectivity index (χ0) is 20.3. The number of carbonyl (C=O) groups is 1. The third kappa shape index (κ3) is 3.91. The molecule has 0 bridgehead atoms. The maximum absolute atomic E-state index is 12.9. The molecule has 2 aromatic rings. The molecule has 0 amide bonds. The SMILES string of the molecule is COc1cc(OC)c(NS(=O)(=O)c2ccc3c(c2)OCCCO3)c(C(=O)O)c1. The molecule has 1 heterocycles. The Labute approximate surface area is 161 Å². The molecule has 2 aromatic carbocycles. The second kappa shape index (κ2) is 7.85. The number of hydrogen-bond donors (Lipinski definition) is 2. The van der Waals surface area contributed by atoms with Crippen LogP contribution in [-0.2, 0) is 10.0 Å². The van der Waals surface area contributed by atoms with Crippen LogP contribution in [0.5, 0.6) is 23.0 Å². The standard InChI is InChI=1S/C18H19NO8S/c1-24-11-8-13(18(20)21)17(16(9-11)25-2)19-28(22,23)12-4-5-14-15(10-12)27-7-3-6-26-14/h4-5,8-10,19H,3,6-7H2,1-2H3,(H,20,21). The number of nitrogens with one attached hydrogen (secondary N) is 1. The van der Waals surface area contributed by atoms with Gasteiger partial charge in [0.05, 0.1) is 37.9 Å². The second-order valence-corrected chi connectivity index (χ2v) is 7.50. The lowest BCUT2D eigenvalue weighted by Gasteiger charge is -2.16. The molecule has 10 heteroatoms. The molecule has 0 saturated carbocycles. The summed E-state index contributed by atoms with van der Waals surface area (Å²) in [6.45, 7) is 0.877. The van der Waals surface area contributed by atoms with Crippen molar-refractivity contribution in [2.45, 2.75) is 11.3 Å². The number of hydrogen-bond acceptors (Lipinski definition) is 7. The Bertz CT molecular complexity index is 1000. The van der Waals surface area contributed by atoms with Gasteiger partial charge in [0.15, 0.2) is 11.5 Å². The zero-order valence-corrected chi connectivity index (χ0v) is 16.0. The largest absolute Gasteiger partial charge is 0.497 e. The molecule has 0 spiro atoms. The Kier molecular flexibility index (Phi) is 5.50.